The Morgan fingerprint density at radius 3 is 2.42 bits per heavy atom. The monoisotopic (exact) mass is 554 g/mol. The first-order valence-electron chi connectivity index (χ1n) is 14.3. The lowest BCUT2D eigenvalue weighted by Crippen LogP contribution is -2.43. The molecule has 0 spiro atoms. The van der Waals surface area contributed by atoms with Crippen molar-refractivity contribution in [2.45, 2.75) is 92.5 Å². The summed E-state index contributed by atoms with van der Waals surface area (Å²) in [6, 6.07) is 0. The van der Waals surface area contributed by atoms with Crippen LogP contribution >= 0.6 is 0 Å². The number of fused-ring (bicyclic) bond motifs is 1. The molecule has 0 N–H and O–H groups in total. The molecule has 40 heavy (non-hydrogen) atoms. The molecule has 0 unspecified atom stereocenters. The molecule has 220 valence electrons. The van der Waals surface area contributed by atoms with Gasteiger partial charge in [-0.25, -0.2) is 9.78 Å². The molecule has 1 heterocycles. The Hall–Kier alpha value is -3.16. The number of allylic oxidation sites excluding steroid dienone is 2. The van der Waals surface area contributed by atoms with Crippen LogP contribution in [-0.2, 0) is 35.6 Å². The number of carbonyl (C=O) groups excluding carboxylic acids is 3. The van der Waals surface area contributed by atoms with Crippen molar-refractivity contribution >= 4 is 24.0 Å². The summed E-state index contributed by atoms with van der Waals surface area (Å²) in [7, 11) is 1.87. The maximum absolute atomic E-state index is 13.0. The minimum atomic E-state index is -0.734. The quantitative estimate of drug-likeness (QED) is 0.189. The zero-order chi connectivity index (χ0) is 29.6. The average molecular weight is 555 g/mol. The SMILES string of the molecule is CC(=O)O[C@@H]1/C=C\C[C@@H](OC(=O)/C=C/c2cn(C)cn2)C[C@H]2C(C)=CC[C@H](C(C)C)[C@H]2C[C@H]1OC(=O)C(C)(C)C. The van der Waals surface area contributed by atoms with Gasteiger partial charge in [-0.05, 0) is 82.8 Å². The van der Waals surface area contributed by atoms with Crippen molar-refractivity contribution in [1.29, 1.82) is 0 Å². The van der Waals surface area contributed by atoms with Crippen molar-refractivity contribution in [2.75, 3.05) is 0 Å². The van der Waals surface area contributed by atoms with E-state index in [4.69, 9.17) is 14.2 Å². The van der Waals surface area contributed by atoms with E-state index in [9.17, 15) is 14.4 Å². The van der Waals surface area contributed by atoms with Gasteiger partial charge in [0.05, 0.1) is 17.4 Å². The van der Waals surface area contributed by atoms with Crippen LogP contribution in [0.3, 0.4) is 0 Å². The second-order valence-corrected chi connectivity index (χ2v) is 12.6. The van der Waals surface area contributed by atoms with Crippen molar-refractivity contribution in [3.63, 3.8) is 0 Å². The molecule has 2 aliphatic rings. The molecule has 0 amide bonds. The topological polar surface area (TPSA) is 96.7 Å². The van der Waals surface area contributed by atoms with Crippen molar-refractivity contribution in [3.05, 3.63) is 48.1 Å². The molecule has 8 nitrogen and oxygen atoms in total. The van der Waals surface area contributed by atoms with E-state index in [1.54, 1.807) is 18.5 Å². The highest BCUT2D eigenvalue weighted by molar-refractivity contribution is 5.86. The minimum Gasteiger partial charge on any atom is -0.459 e. The second kappa shape index (κ2) is 13.5. The largest absolute Gasteiger partial charge is 0.459 e. The van der Waals surface area contributed by atoms with Crippen molar-refractivity contribution in [1.82, 2.24) is 9.55 Å². The lowest BCUT2D eigenvalue weighted by molar-refractivity contribution is -0.172. The molecule has 0 saturated carbocycles. The van der Waals surface area contributed by atoms with E-state index in [-0.39, 0.29) is 23.9 Å². The van der Waals surface area contributed by atoms with Crippen LogP contribution in [0.25, 0.3) is 6.08 Å². The Bertz CT molecular complexity index is 1140. The van der Waals surface area contributed by atoms with Gasteiger partial charge in [-0.1, -0.05) is 31.6 Å². The molecule has 1 aromatic heterocycles. The molecule has 0 fully saturated rings. The number of aromatic nitrogens is 2. The molecule has 2 aliphatic carbocycles. The number of imidazole rings is 1. The van der Waals surface area contributed by atoms with Crippen molar-refractivity contribution in [2.24, 2.45) is 36.1 Å². The van der Waals surface area contributed by atoms with E-state index in [0.717, 1.165) is 6.42 Å². The standard InChI is InChI=1S/C32H46N2O6/c1-20(2)25-14-12-21(3)26-16-24(39-30(36)15-13-23-18-34(8)19-33-23)10-9-11-28(38-22(4)35)29(17-27(25)26)40-31(37)32(5,6)7/h9,11-13,15,18-20,24-29H,10,14,16-17H2,1-8H3/b11-9-,15-13+/t24-,25-,26+,27-,28-,29-/m1/s1. The zero-order valence-corrected chi connectivity index (χ0v) is 25.3. The molecule has 0 bridgehead atoms. The van der Waals surface area contributed by atoms with Gasteiger partial charge >= 0.3 is 17.9 Å². The highest BCUT2D eigenvalue weighted by Gasteiger charge is 2.42. The van der Waals surface area contributed by atoms with Crippen LogP contribution < -0.4 is 0 Å². The van der Waals surface area contributed by atoms with E-state index in [1.807, 2.05) is 44.7 Å². The van der Waals surface area contributed by atoms with Crippen LogP contribution in [0.15, 0.2) is 42.4 Å². The Morgan fingerprint density at radius 2 is 1.82 bits per heavy atom. The smallest absolute Gasteiger partial charge is 0.331 e. The molecular formula is C32H46N2O6. The van der Waals surface area contributed by atoms with Gasteiger partial charge in [0.1, 0.15) is 12.2 Å². The summed E-state index contributed by atoms with van der Waals surface area (Å²) in [4.78, 5) is 42.2. The fraction of sp³-hybridized carbons (Fsp3) is 0.625. The summed E-state index contributed by atoms with van der Waals surface area (Å²) in [5.41, 5.74) is 1.24. The third kappa shape index (κ3) is 8.67. The fourth-order valence-electron chi connectivity index (χ4n) is 5.73. The lowest BCUT2D eigenvalue weighted by atomic mass is 9.64. The maximum Gasteiger partial charge on any atom is 0.331 e. The van der Waals surface area contributed by atoms with Gasteiger partial charge in [0.2, 0.25) is 0 Å². The number of carbonyl (C=O) groups is 3. The Kier molecular flexibility index (Phi) is 10.6. The molecule has 0 saturated heterocycles. The van der Waals surface area contributed by atoms with E-state index in [1.165, 1.54) is 18.6 Å². The summed E-state index contributed by atoms with van der Waals surface area (Å²) in [6.45, 7) is 13.4. The van der Waals surface area contributed by atoms with Gasteiger partial charge in [-0.3, -0.25) is 9.59 Å². The molecule has 3 rings (SSSR count). The number of nitrogens with zero attached hydrogens (tertiary/aromatic N) is 2. The van der Waals surface area contributed by atoms with E-state index >= 15 is 0 Å². The van der Waals surface area contributed by atoms with Gasteiger partial charge in [-0.15, -0.1) is 0 Å². The summed E-state index contributed by atoms with van der Waals surface area (Å²) in [5.74, 6) is -0.189. The normalized spacial score (nSPS) is 28.4. The number of hydrogen-bond acceptors (Lipinski definition) is 7. The number of rotatable bonds is 6. The summed E-state index contributed by atoms with van der Waals surface area (Å²) in [6.07, 6.45) is 13.3. The Balaban J connectivity index is 1.95. The molecular weight excluding hydrogens is 508 g/mol. The lowest BCUT2D eigenvalue weighted by Gasteiger charge is -2.43. The molecule has 0 aromatic carbocycles. The van der Waals surface area contributed by atoms with Crippen LogP contribution in [0.4, 0.5) is 0 Å². The van der Waals surface area contributed by atoms with Crippen LogP contribution in [-0.4, -0.2) is 45.8 Å². The molecule has 1 aromatic rings. The second-order valence-electron chi connectivity index (χ2n) is 12.6. The molecule has 0 radical (unpaired) electrons. The van der Waals surface area contributed by atoms with Gasteiger partial charge in [0.25, 0.3) is 0 Å². The van der Waals surface area contributed by atoms with Gasteiger partial charge in [-0.2, -0.15) is 0 Å². The first-order valence-corrected chi connectivity index (χ1v) is 14.3. The fourth-order valence-corrected chi connectivity index (χ4v) is 5.73. The molecule has 0 aliphatic heterocycles. The van der Waals surface area contributed by atoms with E-state index in [2.05, 4.69) is 31.8 Å². The number of aryl methyl sites for hydroxylation is 1. The summed E-state index contributed by atoms with van der Waals surface area (Å²) in [5, 5.41) is 0. The maximum atomic E-state index is 13.0. The number of esters is 3. The van der Waals surface area contributed by atoms with Crippen LogP contribution in [0.5, 0.6) is 0 Å². The molecule has 6 atom stereocenters. The third-order valence-electron chi connectivity index (χ3n) is 7.90. The van der Waals surface area contributed by atoms with E-state index < -0.39 is 29.6 Å². The first-order chi connectivity index (χ1) is 18.7. The summed E-state index contributed by atoms with van der Waals surface area (Å²) >= 11 is 0. The molecule has 8 heteroatoms. The van der Waals surface area contributed by atoms with Gasteiger partial charge < -0.3 is 18.8 Å². The minimum absolute atomic E-state index is 0.124. The highest BCUT2D eigenvalue weighted by Crippen LogP contribution is 2.45. The Morgan fingerprint density at radius 1 is 1.10 bits per heavy atom. The average Bonchev–Trinajstić information content (AvgIpc) is 3.27. The zero-order valence-electron chi connectivity index (χ0n) is 25.3. The predicted molar refractivity (Wildman–Crippen MR) is 154 cm³/mol. The third-order valence-corrected chi connectivity index (χ3v) is 7.90. The van der Waals surface area contributed by atoms with Gasteiger partial charge in [0, 0.05) is 32.7 Å². The van der Waals surface area contributed by atoms with Crippen LogP contribution in [0.2, 0.25) is 0 Å². The van der Waals surface area contributed by atoms with E-state index in [0.29, 0.717) is 36.8 Å². The first kappa shape index (κ1) is 31.4. The van der Waals surface area contributed by atoms with Crippen molar-refractivity contribution in [3.8, 4) is 0 Å². The van der Waals surface area contributed by atoms with Gasteiger partial charge in [0.15, 0.2) is 6.10 Å². The Labute approximate surface area is 238 Å². The number of hydrogen-bond donors (Lipinski definition) is 0. The highest BCUT2D eigenvalue weighted by atomic mass is 16.6. The predicted octanol–water partition coefficient (Wildman–Crippen LogP) is 5.83. The van der Waals surface area contributed by atoms with Crippen LogP contribution in [0, 0.1) is 29.1 Å². The summed E-state index contributed by atoms with van der Waals surface area (Å²) < 4.78 is 19.6. The van der Waals surface area contributed by atoms with Crippen molar-refractivity contribution < 1.29 is 28.6 Å². The van der Waals surface area contributed by atoms with Crippen LogP contribution in [0.1, 0.15) is 79.8 Å². The number of ether oxygens (including phenoxy) is 3.